The maximum Gasteiger partial charge on any atom is 0.163 e. The van der Waals surface area contributed by atoms with E-state index in [1.165, 1.54) is 0 Å². The van der Waals surface area contributed by atoms with Crippen molar-refractivity contribution in [3.63, 3.8) is 0 Å². The van der Waals surface area contributed by atoms with E-state index in [-0.39, 0.29) is 0 Å². The monoisotopic (exact) mass is 284 g/mol. The van der Waals surface area contributed by atoms with Crippen LogP contribution in [0.15, 0.2) is 12.1 Å². The highest BCUT2D eigenvalue weighted by molar-refractivity contribution is 6.33. The molecule has 0 spiro atoms. The minimum Gasteiger partial charge on any atom is -0.486 e. The van der Waals surface area contributed by atoms with E-state index in [0.717, 1.165) is 18.0 Å². The Kier molecular flexibility index (Phi) is 4.77. The van der Waals surface area contributed by atoms with Crippen molar-refractivity contribution < 1.29 is 9.47 Å². The molecule has 1 aliphatic heterocycles. The second kappa shape index (κ2) is 6.35. The molecule has 0 aromatic heterocycles. The lowest BCUT2D eigenvalue weighted by atomic mass is 9.96. The first-order valence-corrected chi connectivity index (χ1v) is 7.02. The largest absolute Gasteiger partial charge is 0.486 e. The molecule has 1 heterocycles. The maximum atomic E-state index is 6.24. The van der Waals surface area contributed by atoms with Gasteiger partial charge in [-0.05, 0) is 18.4 Å². The number of halogens is 1. The van der Waals surface area contributed by atoms with Gasteiger partial charge in [0.15, 0.2) is 11.5 Å². The van der Waals surface area contributed by atoms with Crippen molar-refractivity contribution in [1.82, 2.24) is 0 Å². The molecular weight excluding hydrogens is 264 g/mol. The molecule has 0 bridgehead atoms. The Morgan fingerprint density at radius 2 is 1.89 bits per heavy atom. The van der Waals surface area contributed by atoms with Crippen LogP contribution in [0, 0.1) is 11.8 Å². The fourth-order valence-corrected chi connectivity index (χ4v) is 2.25. The van der Waals surface area contributed by atoms with Gasteiger partial charge >= 0.3 is 0 Å². The third-order valence-corrected chi connectivity index (χ3v) is 3.74. The zero-order chi connectivity index (χ0) is 13.8. The number of fused-ring (bicyclic) bond motifs is 1. The smallest absolute Gasteiger partial charge is 0.163 e. The predicted octanol–water partition coefficient (Wildman–Crippen LogP) is 2.75. The summed E-state index contributed by atoms with van der Waals surface area (Å²) in [5.74, 6) is 2.41. The molecule has 0 aliphatic carbocycles. The number of nitrogens with one attached hydrogen (secondary N) is 1. The lowest BCUT2D eigenvalue weighted by molar-refractivity contribution is 0.171. The van der Waals surface area contributed by atoms with Gasteiger partial charge in [0, 0.05) is 18.7 Å². The van der Waals surface area contributed by atoms with E-state index in [1.54, 1.807) is 6.07 Å². The van der Waals surface area contributed by atoms with Crippen molar-refractivity contribution in [2.75, 3.05) is 31.6 Å². The van der Waals surface area contributed by atoms with Crippen LogP contribution in [0.3, 0.4) is 0 Å². The average Bonchev–Trinajstić information content (AvgIpc) is 2.39. The summed E-state index contributed by atoms with van der Waals surface area (Å²) in [6.07, 6.45) is 0. The zero-order valence-electron chi connectivity index (χ0n) is 11.4. The third-order valence-electron chi connectivity index (χ3n) is 3.43. The van der Waals surface area contributed by atoms with Crippen LogP contribution in [0.5, 0.6) is 11.5 Å². The Morgan fingerprint density at radius 3 is 2.47 bits per heavy atom. The van der Waals surface area contributed by atoms with Crippen LogP contribution in [0.25, 0.3) is 0 Å². The fraction of sp³-hybridized carbons (Fsp3) is 0.571. The molecule has 0 amide bonds. The van der Waals surface area contributed by atoms with Crippen LogP contribution in [0.4, 0.5) is 5.69 Å². The second-order valence-electron chi connectivity index (χ2n) is 5.10. The number of ether oxygens (including phenoxy) is 2. The molecule has 19 heavy (non-hydrogen) atoms. The summed E-state index contributed by atoms with van der Waals surface area (Å²) in [5, 5.41) is 3.99. The first-order chi connectivity index (χ1) is 9.11. The zero-order valence-corrected chi connectivity index (χ0v) is 12.2. The van der Waals surface area contributed by atoms with E-state index >= 15 is 0 Å². The SMILES string of the molecule is CC(C)C(CN)CNc1cc2c(cc1Cl)OCCO2. The minimum absolute atomic E-state index is 0.421. The fourth-order valence-electron chi connectivity index (χ4n) is 2.03. The highest BCUT2D eigenvalue weighted by atomic mass is 35.5. The molecule has 1 atom stereocenters. The summed E-state index contributed by atoms with van der Waals surface area (Å²) >= 11 is 6.24. The first-order valence-electron chi connectivity index (χ1n) is 6.65. The van der Waals surface area contributed by atoms with Crippen molar-refractivity contribution in [3.05, 3.63) is 17.2 Å². The van der Waals surface area contributed by atoms with Crippen LogP contribution in [0.2, 0.25) is 5.02 Å². The quantitative estimate of drug-likeness (QED) is 0.873. The Morgan fingerprint density at radius 1 is 1.26 bits per heavy atom. The number of anilines is 1. The average molecular weight is 285 g/mol. The standard InChI is InChI=1S/C14H21ClN2O2/c1-9(2)10(7-16)8-17-12-6-14-13(5-11(12)15)18-3-4-19-14/h5-6,9-10,17H,3-4,7-8,16H2,1-2H3. The highest BCUT2D eigenvalue weighted by Crippen LogP contribution is 2.38. The molecule has 4 nitrogen and oxygen atoms in total. The predicted molar refractivity (Wildman–Crippen MR) is 78.3 cm³/mol. The van der Waals surface area contributed by atoms with Crippen LogP contribution in [-0.2, 0) is 0 Å². The van der Waals surface area contributed by atoms with Gasteiger partial charge in [0.25, 0.3) is 0 Å². The normalized spacial score (nSPS) is 15.4. The number of nitrogens with two attached hydrogens (primary N) is 1. The molecule has 106 valence electrons. The van der Waals surface area contributed by atoms with Gasteiger partial charge in [-0.2, -0.15) is 0 Å². The molecule has 0 saturated heterocycles. The Labute approximate surface area is 119 Å². The Bertz CT molecular complexity index is 438. The molecule has 0 fully saturated rings. The molecule has 0 saturated carbocycles. The third kappa shape index (κ3) is 3.45. The maximum absolute atomic E-state index is 6.24. The van der Waals surface area contributed by atoms with E-state index in [9.17, 15) is 0 Å². The minimum atomic E-state index is 0.421. The number of rotatable bonds is 5. The van der Waals surface area contributed by atoms with E-state index in [1.807, 2.05) is 6.07 Å². The van der Waals surface area contributed by atoms with Gasteiger partial charge in [-0.1, -0.05) is 25.4 Å². The topological polar surface area (TPSA) is 56.5 Å². The van der Waals surface area contributed by atoms with Crippen molar-refractivity contribution in [2.24, 2.45) is 17.6 Å². The number of benzene rings is 1. The molecule has 2 rings (SSSR count). The molecular formula is C14H21ClN2O2. The molecule has 0 radical (unpaired) electrons. The van der Waals surface area contributed by atoms with Gasteiger partial charge in [-0.25, -0.2) is 0 Å². The lowest BCUT2D eigenvalue weighted by Crippen LogP contribution is -2.27. The van der Waals surface area contributed by atoms with E-state index < -0.39 is 0 Å². The summed E-state index contributed by atoms with van der Waals surface area (Å²) in [7, 11) is 0. The summed E-state index contributed by atoms with van der Waals surface area (Å²) in [6, 6.07) is 3.69. The van der Waals surface area contributed by atoms with Crippen LogP contribution in [0.1, 0.15) is 13.8 Å². The summed E-state index contributed by atoms with van der Waals surface area (Å²) in [6.45, 7) is 6.94. The molecule has 1 aromatic rings. The van der Waals surface area contributed by atoms with Crippen molar-refractivity contribution >= 4 is 17.3 Å². The lowest BCUT2D eigenvalue weighted by Gasteiger charge is -2.23. The summed E-state index contributed by atoms with van der Waals surface area (Å²) in [4.78, 5) is 0. The van der Waals surface area contributed by atoms with Crippen molar-refractivity contribution in [1.29, 1.82) is 0 Å². The summed E-state index contributed by atoms with van der Waals surface area (Å²) < 4.78 is 11.0. The molecule has 1 aliphatic rings. The van der Waals surface area contributed by atoms with Crippen molar-refractivity contribution in [3.8, 4) is 11.5 Å². The van der Waals surface area contributed by atoms with Crippen LogP contribution in [-0.4, -0.2) is 26.3 Å². The Balaban J connectivity index is 2.08. The number of hydrogen-bond donors (Lipinski definition) is 2. The molecule has 1 unspecified atom stereocenters. The van der Waals surface area contributed by atoms with Gasteiger partial charge in [0.05, 0.1) is 10.7 Å². The van der Waals surface area contributed by atoms with Gasteiger partial charge in [-0.3, -0.25) is 0 Å². The highest BCUT2D eigenvalue weighted by Gasteiger charge is 2.16. The van der Waals surface area contributed by atoms with Gasteiger partial charge in [-0.15, -0.1) is 0 Å². The summed E-state index contributed by atoms with van der Waals surface area (Å²) in [5.41, 5.74) is 6.63. The van der Waals surface area contributed by atoms with E-state index in [2.05, 4.69) is 19.2 Å². The van der Waals surface area contributed by atoms with E-state index in [0.29, 0.717) is 42.4 Å². The van der Waals surface area contributed by atoms with E-state index in [4.69, 9.17) is 26.8 Å². The molecule has 1 aromatic carbocycles. The van der Waals surface area contributed by atoms with Gasteiger partial charge in [0.2, 0.25) is 0 Å². The Hall–Kier alpha value is -1.13. The van der Waals surface area contributed by atoms with Gasteiger partial charge in [0.1, 0.15) is 13.2 Å². The van der Waals surface area contributed by atoms with Crippen LogP contribution >= 0.6 is 11.6 Å². The molecule has 3 N–H and O–H groups in total. The van der Waals surface area contributed by atoms with Crippen molar-refractivity contribution in [2.45, 2.75) is 13.8 Å². The first kappa shape index (κ1) is 14.3. The van der Waals surface area contributed by atoms with Crippen LogP contribution < -0.4 is 20.5 Å². The van der Waals surface area contributed by atoms with Gasteiger partial charge < -0.3 is 20.5 Å². The number of hydrogen-bond acceptors (Lipinski definition) is 4. The second-order valence-corrected chi connectivity index (χ2v) is 5.50. The molecule has 5 heteroatoms.